The van der Waals surface area contributed by atoms with Gasteiger partial charge in [-0.2, -0.15) is 31.1 Å². The number of aryl methyl sites for hydroxylation is 1. The number of carbonyl (C=O) groups excluding carboxylic acids is 1. The van der Waals surface area contributed by atoms with Crippen molar-refractivity contribution < 1.29 is 31.1 Å². The topological polar surface area (TPSA) is 67.2 Å². The second-order valence-electron chi connectivity index (χ2n) is 8.65. The smallest absolute Gasteiger partial charge is 0.331 e. The number of rotatable bonds is 4. The van der Waals surface area contributed by atoms with E-state index in [2.05, 4.69) is 15.4 Å². The minimum Gasteiger partial charge on any atom is -0.331 e. The van der Waals surface area contributed by atoms with Crippen molar-refractivity contribution in [2.45, 2.75) is 44.7 Å². The Bertz CT molecular complexity index is 1280. The Kier molecular flexibility index (Phi) is 7.10. The number of anilines is 2. The number of tetrazole rings is 1. The van der Waals surface area contributed by atoms with E-state index in [1.807, 2.05) is 0 Å². The molecular weight excluding hydrogens is 526 g/mol. The molecule has 2 heterocycles. The van der Waals surface area contributed by atoms with Crippen LogP contribution in [0, 0.1) is 0 Å². The van der Waals surface area contributed by atoms with Gasteiger partial charge in [0.1, 0.15) is 0 Å². The summed E-state index contributed by atoms with van der Waals surface area (Å²) in [5, 5.41) is 12.5. The molecule has 0 radical (unpaired) electrons. The number of alkyl halides is 6. The molecule has 1 aliphatic rings. The van der Waals surface area contributed by atoms with E-state index in [1.165, 1.54) is 16.6 Å². The van der Waals surface area contributed by atoms with Crippen molar-refractivity contribution in [1.29, 1.82) is 0 Å². The number of halogens is 7. The average molecular weight is 547 g/mol. The van der Waals surface area contributed by atoms with E-state index in [1.54, 1.807) is 30.1 Å². The highest BCUT2D eigenvalue weighted by molar-refractivity contribution is 6.30. The van der Waals surface area contributed by atoms with Gasteiger partial charge in [0, 0.05) is 25.0 Å². The molecule has 1 aromatic heterocycles. The molecule has 4 rings (SSSR count). The predicted molar refractivity (Wildman–Crippen MR) is 122 cm³/mol. The molecule has 1 atom stereocenters. The van der Waals surface area contributed by atoms with Crippen LogP contribution in [0.25, 0.3) is 0 Å². The number of nitrogens with zero attached hydrogens (tertiary/aromatic N) is 6. The van der Waals surface area contributed by atoms with Gasteiger partial charge in [-0.15, -0.1) is 5.10 Å². The quantitative estimate of drug-likeness (QED) is 0.380. The average Bonchev–Trinajstić information content (AvgIpc) is 3.14. The van der Waals surface area contributed by atoms with Crippen molar-refractivity contribution in [3.8, 4) is 0 Å². The summed E-state index contributed by atoms with van der Waals surface area (Å²) in [7, 11) is 1.60. The summed E-state index contributed by atoms with van der Waals surface area (Å²) in [6.45, 7) is 1.18. The molecule has 0 N–H and O–H groups in total. The summed E-state index contributed by atoms with van der Waals surface area (Å²) < 4.78 is 80.4. The van der Waals surface area contributed by atoms with Gasteiger partial charge >= 0.3 is 12.4 Å². The third kappa shape index (κ3) is 5.81. The van der Waals surface area contributed by atoms with Crippen LogP contribution in [0.5, 0.6) is 0 Å². The third-order valence-corrected chi connectivity index (χ3v) is 6.26. The summed E-state index contributed by atoms with van der Waals surface area (Å²) in [5.74, 6) is -0.225. The Hall–Kier alpha value is -3.35. The molecule has 1 aliphatic heterocycles. The van der Waals surface area contributed by atoms with Gasteiger partial charge in [-0.3, -0.25) is 4.79 Å². The Morgan fingerprint density at radius 1 is 1.08 bits per heavy atom. The molecule has 3 aromatic rings. The number of carbonyl (C=O) groups is 1. The SMILES string of the molecule is CC(=O)N(Cc1cc(C(F)(F)F)cc(C(F)(F)F)c1)C1CCCN(c2nnn(C)n2)c2cc(Cl)ccc21. The molecule has 0 aliphatic carbocycles. The van der Waals surface area contributed by atoms with Crippen molar-refractivity contribution in [3.63, 3.8) is 0 Å². The van der Waals surface area contributed by atoms with Crippen LogP contribution in [-0.2, 0) is 30.7 Å². The summed E-state index contributed by atoms with van der Waals surface area (Å²) in [5.41, 5.74) is -1.99. The van der Waals surface area contributed by atoms with E-state index in [4.69, 9.17) is 11.6 Å². The molecule has 0 bridgehead atoms. The molecule has 198 valence electrons. The molecule has 0 fully saturated rings. The fraction of sp³-hybridized carbons (Fsp3) is 0.391. The summed E-state index contributed by atoms with van der Waals surface area (Å²) >= 11 is 6.25. The highest BCUT2D eigenvalue weighted by atomic mass is 35.5. The van der Waals surface area contributed by atoms with E-state index in [0.717, 1.165) is 0 Å². The second kappa shape index (κ2) is 9.84. The fourth-order valence-electron chi connectivity index (χ4n) is 4.41. The van der Waals surface area contributed by atoms with Gasteiger partial charge in [-0.1, -0.05) is 22.8 Å². The molecule has 1 amide bonds. The maximum Gasteiger partial charge on any atom is 0.416 e. The molecule has 0 spiro atoms. The van der Waals surface area contributed by atoms with Crippen LogP contribution in [-0.4, -0.2) is 37.6 Å². The van der Waals surface area contributed by atoms with Crippen LogP contribution in [0.1, 0.15) is 48.1 Å². The zero-order valence-electron chi connectivity index (χ0n) is 19.6. The molecule has 14 heteroatoms. The zero-order valence-corrected chi connectivity index (χ0v) is 20.4. The van der Waals surface area contributed by atoms with Gasteiger partial charge in [0.05, 0.1) is 29.9 Å². The standard InChI is InChI=1S/C23H21ClF6N6O/c1-13(37)36(12-14-8-15(22(25,26)27)10-16(9-14)23(28,29)30)19-4-3-7-35(21-31-33-34(2)32-21)20-11-17(24)5-6-18(19)20/h5-6,8-11,19H,3-4,7,12H2,1-2H3. The minimum atomic E-state index is -4.99. The normalized spacial score (nSPS) is 16.4. The number of amides is 1. The Balaban J connectivity index is 1.78. The molecule has 2 aromatic carbocycles. The third-order valence-electron chi connectivity index (χ3n) is 6.02. The lowest BCUT2D eigenvalue weighted by Gasteiger charge is -2.32. The predicted octanol–water partition coefficient (Wildman–Crippen LogP) is 5.92. The van der Waals surface area contributed by atoms with Crippen LogP contribution >= 0.6 is 11.6 Å². The van der Waals surface area contributed by atoms with Crippen molar-refractivity contribution in [2.24, 2.45) is 7.05 Å². The minimum absolute atomic E-state index is 0.0658. The van der Waals surface area contributed by atoms with Crippen LogP contribution < -0.4 is 4.90 Å². The molecule has 0 saturated heterocycles. The fourth-order valence-corrected chi connectivity index (χ4v) is 4.58. The van der Waals surface area contributed by atoms with Gasteiger partial charge in [0.2, 0.25) is 5.91 Å². The van der Waals surface area contributed by atoms with Crippen LogP contribution in [0.2, 0.25) is 5.02 Å². The van der Waals surface area contributed by atoms with Crippen molar-refractivity contribution in [2.75, 3.05) is 11.4 Å². The van der Waals surface area contributed by atoms with Gasteiger partial charge < -0.3 is 9.80 Å². The van der Waals surface area contributed by atoms with E-state index >= 15 is 0 Å². The first kappa shape index (κ1) is 26.7. The van der Waals surface area contributed by atoms with E-state index in [0.29, 0.717) is 47.8 Å². The monoisotopic (exact) mass is 546 g/mol. The van der Waals surface area contributed by atoms with Crippen LogP contribution in [0.15, 0.2) is 36.4 Å². The lowest BCUT2D eigenvalue weighted by Crippen LogP contribution is -2.33. The van der Waals surface area contributed by atoms with Crippen molar-refractivity contribution in [3.05, 3.63) is 63.7 Å². The van der Waals surface area contributed by atoms with Gasteiger partial charge in [0.15, 0.2) is 0 Å². The van der Waals surface area contributed by atoms with Crippen LogP contribution in [0.4, 0.5) is 38.0 Å². The number of fused-ring (bicyclic) bond motifs is 1. The number of benzene rings is 2. The van der Waals surface area contributed by atoms with E-state index < -0.39 is 42.0 Å². The molecule has 37 heavy (non-hydrogen) atoms. The first-order valence-electron chi connectivity index (χ1n) is 11.1. The maximum atomic E-state index is 13.4. The Morgan fingerprint density at radius 3 is 2.27 bits per heavy atom. The summed E-state index contributed by atoms with van der Waals surface area (Å²) in [6, 6.07) is 5.62. The van der Waals surface area contributed by atoms with Gasteiger partial charge in [-0.05, 0) is 59.5 Å². The number of hydrogen-bond acceptors (Lipinski definition) is 5. The maximum absolute atomic E-state index is 13.4. The molecule has 7 nitrogen and oxygen atoms in total. The zero-order chi connectivity index (χ0) is 27.1. The van der Waals surface area contributed by atoms with E-state index in [9.17, 15) is 31.1 Å². The summed E-state index contributed by atoms with van der Waals surface area (Å²) in [4.78, 5) is 17.1. The number of hydrogen-bond donors (Lipinski definition) is 0. The second-order valence-corrected chi connectivity index (χ2v) is 9.09. The molecule has 0 saturated carbocycles. The highest BCUT2D eigenvalue weighted by Crippen LogP contribution is 2.42. The summed E-state index contributed by atoms with van der Waals surface area (Å²) in [6.07, 6.45) is -9.09. The number of aromatic nitrogens is 4. The van der Waals surface area contributed by atoms with Crippen molar-refractivity contribution in [1.82, 2.24) is 25.1 Å². The van der Waals surface area contributed by atoms with Gasteiger partial charge in [-0.25, -0.2) is 0 Å². The van der Waals surface area contributed by atoms with Gasteiger partial charge in [0.25, 0.3) is 5.95 Å². The van der Waals surface area contributed by atoms with Crippen LogP contribution in [0.3, 0.4) is 0 Å². The lowest BCUT2D eigenvalue weighted by molar-refractivity contribution is -0.143. The first-order valence-corrected chi connectivity index (χ1v) is 11.5. The van der Waals surface area contributed by atoms with Crippen molar-refractivity contribution >= 4 is 29.1 Å². The van der Waals surface area contributed by atoms with E-state index in [-0.39, 0.29) is 17.6 Å². The Labute approximate surface area is 212 Å². The highest BCUT2D eigenvalue weighted by Gasteiger charge is 2.38. The lowest BCUT2D eigenvalue weighted by atomic mass is 9.98. The Morgan fingerprint density at radius 2 is 1.73 bits per heavy atom. The largest absolute Gasteiger partial charge is 0.416 e. The first-order chi connectivity index (χ1) is 17.2. The molecule has 1 unspecified atom stereocenters. The molecular formula is C23H21ClF6N6O.